The number of nitrogens with zero attached hydrogens (tertiary/aromatic N) is 2. The van der Waals surface area contributed by atoms with Crippen molar-refractivity contribution in [3.63, 3.8) is 0 Å². The molecule has 0 bridgehead atoms. The Hall–Kier alpha value is -0.250. The molecule has 19 heavy (non-hydrogen) atoms. The van der Waals surface area contributed by atoms with Crippen LogP contribution in [-0.4, -0.2) is 37.1 Å². The summed E-state index contributed by atoms with van der Waals surface area (Å²) in [7, 11) is 0. The van der Waals surface area contributed by atoms with Crippen molar-refractivity contribution in [1.82, 2.24) is 4.90 Å². The highest BCUT2D eigenvalue weighted by atomic mass is 79.9. The van der Waals surface area contributed by atoms with Gasteiger partial charge in [0.25, 0.3) is 0 Å². The highest BCUT2D eigenvalue weighted by molar-refractivity contribution is 9.10. The Bertz CT molecular complexity index is 452. The summed E-state index contributed by atoms with van der Waals surface area (Å²) >= 11 is 9.82. The third-order valence-electron chi connectivity index (χ3n) is 4.30. The van der Waals surface area contributed by atoms with Gasteiger partial charge in [0.05, 0.1) is 5.69 Å². The average molecular weight is 344 g/mol. The maximum atomic E-state index is 6.16. The fourth-order valence-corrected chi connectivity index (χ4v) is 3.98. The Morgan fingerprint density at radius 2 is 1.95 bits per heavy atom. The first-order valence-corrected chi connectivity index (χ1v) is 8.35. The minimum atomic E-state index is 0.724. The molecule has 2 heterocycles. The van der Waals surface area contributed by atoms with E-state index in [0.717, 1.165) is 28.6 Å². The molecule has 2 saturated heterocycles. The van der Waals surface area contributed by atoms with Gasteiger partial charge in [-0.1, -0.05) is 18.0 Å². The zero-order valence-electron chi connectivity index (χ0n) is 11.1. The van der Waals surface area contributed by atoms with Crippen molar-refractivity contribution in [3.8, 4) is 0 Å². The van der Waals surface area contributed by atoms with E-state index in [1.54, 1.807) is 0 Å². The molecule has 0 radical (unpaired) electrons. The molecule has 104 valence electrons. The molecule has 4 heteroatoms. The van der Waals surface area contributed by atoms with Gasteiger partial charge in [-0.2, -0.15) is 0 Å². The van der Waals surface area contributed by atoms with Crippen molar-refractivity contribution in [2.45, 2.75) is 31.7 Å². The Morgan fingerprint density at radius 1 is 1.11 bits per heavy atom. The van der Waals surface area contributed by atoms with E-state index in [4.69, 9.17) is 11.6 Å². The van der Waals surface area contributed by atoms with Gasteiger partial charge >= 0.3 is 0 Å². The lowest BCUT2D eigenvalue weighted by atomic mass is 10.0. The first-order valence-electron chi connectivity index (χ1n) is 7.18. The lowest BCUT2D eigenvalue weighted by molar-refractivity contribution is 0.162. The Labute approximate surface area is 128 Å². The molecule has 2 fully saturated rings. The molecular weight excluding hydrogens is 324 g/mol. The van der Waals surface area contributed by atoms with Gasteiger partial charge < -0.3 is 4.90 Å². The van der Waals surface area contributed by atoms with E-state index in [9.17, 15) is 0 Å². The molecule has 0 N–H and O–H groups in total. The molecule has 1 unspecified atom stereocenters. The lowest BCUT2D eigenvalue weighted by Crippen LogP contribution is -2.44. The average Bonchev–Trinajstić information content (AvgIpc) is 2.63. The van der Waals surface area contributed by atoms with Gasteiger partial charge in [-0.25, -0.2) is 0 Å². The Balaban J connectivity index is 1.82. The fraction of sp³-hybridized carbons (Fsp3) is 0.600. The molecule has 2 nitrogen and oxygen atoms in total. The zero-order chi connectivity index (χ0) is 13.2. The molecular formula is C15H20BrClN2. The molecule has 1 aromatic carbocycles. The number of piperidine rings is 1. The summed E-state index contributed by atoms with van der Waals surface area (Å²) in [6, 6.07) is 6.81. The predicted molar refractivity (Wildman–Crippen MR) is 85.2 cm³/mol. The molecule has 0 aliphatic carbocycles. The molecule has 1 atom stereocenters. The maximum absolute atomic E-state index is 6.16. The van der Waals surface area contributed by atoms with Crippen LogP contribution in [0.2, 0.25) is 5.02 Å². The molecule has 1 aromatic rings. The molecule has 0 saturated carbocycles. The largest absolute Gasteiger partial charge is 0.369 e. The van der Waals surface area contributed by atoms with Gasteiger partial charge in [0.1, 0.15) is 0 Å². The van der Waals surface area contributed by atoms with Gasteiger partial charge in [-0.05, 0) is 59.9 Å². The van der Waals surface area contributed by atoms with E-state index in [2.05, 4.69) is 37.9 Å². The fourth-order valence-electron chi connectivity index (χ4n) is 3.32. The van der Waals surface area contributed by atoms with Crippen molar-refractivity contribution >= 4 is 33.2 Å². The second kappa shape index (κ2) is 6.02. The van der Waals surface area contributed by atoms with Crippen molar-refractivity contribution < 1.29 is 0 Å². The minimum absolute atomic E-state index is 0.724. The van der Waals surface area contributed by atoms with Crippen LogP contribution >= 0.6 is 27.5 Å². The Kier molecular flexibility index (Phi) is 4.35. The summed E-state index contributed by atoms with van der Waals surface area (Å²) in [5.74, 6) is 0. The van der Waals surface area contributed by atoms with Crippen LogP contribution in [0.3, 0.4) is 0 Å². The quantitative estimate of drug-likeness (QED) is 0.755. The van der Waals surface area contributed by atoms with Crippen LogP contribution in [0.15, 0.2) is 22.7 Å². The topological polar surface area (TPSA) is 6.48 Å². The third-order valence-corrected chi connectivity index (χ3v) is 5.21. The molecule has 0 aromatic heterocycles. The monoisotopic (exact) mass is 342 g/mol. The van der Waals surface area contributed by atoms with E-state index < -0.39 is 0 Å². The van der Waals surface area contributed by atoms with E-state index in [1.807, 2.05) is 6.07 Å². The zero-order valence-corrected chi connectivity index (χ0v) is 13.5. The van der Waals surface area contributed by atoms with Crippen LogP contribution in [0, 0.1) is 0 Å². The van der Waals surface area contributed by atoms with Gasteiger partial charge in [0.15, 0.2) is 0 Å². The smallest absolute Gasteiger partial charge is 0.0526 e. The van der Waals surface area contributed by atoms with Gasteiger partial charge in [-0.3, -0.25) is 4.90 Å². The van der Waals surface area contributed by atoms with E-state index in [-0.39, 0.29) is 0 Å². The van der Waals surface area contributed by atoms with Crippen LogP contribution in [0.5, 0.6) is 0 Å². The first kappa shape index (κ1) is 13.7. The number of hydrogen-bond donors (Lipinski definition) is 0. The summed E-state index contributed by atoms with van der Waals surface area (Å²) in [5, 5.41) is 0.822. The van der Waals surface area contributed by atoms with Crippen LogP contribution in [0.1, 0.15) is 25.7 Å². The molecule has 2 aliphatic heterocycles. The number of benzene rings is 1. The number of halogens is 2. The van der Waals surface area contributed by atoms with Crippen LogP contribution in [0.25, 0.3) is 0 Å². The maximum Gasteiger partial charge on any atom is 0.0526 e. The summed E-state index contributed by atoms with van der Waals surface area (Å²) in [6.07, 6.45) is 5.34. The number of hydrogen-bond acceptors (Lipinski definition) is 2. The molecule has 0 amide bonds. The minimum Gasteiger partial charge on any atom is -0.369 e. The van der Waals surface area contributed by atoms with Crippen LogP contribution in [0.4, 0.5) is 5.69 Å². The van der Waals surface area contributed by atoms with Crippen molar-refractivity contribution in [1.29, 1.82) is 0 Å². The SMILES string of the molecule is Clc1ccc(Br)c(N2CCCN3CCCCC3C2)c1. The molecule has 3 rings (SSSR count). The summed E-state index contributed by atoms with van der Waals surface area (Å²) in [5.41, 5.74) is 1.25. The highest BCUT2D eigenvalue weighted by Gasteiger charge is 2.27. The van der Waals surface area contributed by atoms with Crippen molar-refractivity contribution in [2.24, 2.45) is 0 Å². The highest BCUT2D eigenvalue weighted by Crippen LogP contribution is 2.32. The lowest BCUT2D eigenvalue weighted by Gasteiger charge is -2.36. The van der Waals surface area contributed by atoms with Crippen LogP contribution < -0.4 is 4.90 Å². The summed E-state index contributed by atoms with van der Waals surface area (Å²) < 4.78 is 1.15. The van der Waals surface area contributed by atoms with Gasteiger partial charge in [-0.15, -0.1) is 0 Å². The summed E-state index contributed by atoms with van der Waals surface area (Å²) in [4.78, 5) is 5.19. The Morgan fingerprint density at radius 3 is 2.84 bits per heavy atom. The number of anilines is 1. The van der Waals surface area contributed by atoms with E-state index in [1.165, 1.54) is 44.5 Å². The molecule has 0 spiro atoms. The van der Waals surface area contributed by atoms with E-state index >= 15 is 0 Å². The number of fused-ring (bicyclic) bond motifs is 1. The normalized spacial score (nSPS) is 24.9. The predicted octanol–water partition coefficient (Wildman–Crippen LogP) is 4.17. The summed E-state index contributed by atoms with van der Waals surface area (Å²) in [6.45, 7) is 4.81. The van der Waals surface area contributed by atoms with Gasteiger partial charge in [0.2, 0.25) is 0 Å². The number of rotatable bonds is 1. The van der Waals surface area contributed by atoms with Crippen molar-refractivity contribution in [3.05, 3.63) is 27.7 Å². The molecule has 2 aliphatic rings. The third kappa shape index (κ3) is 3.09. The second-order valence-corrected chi connectivity index (χ2v) is 6.87. The second-order valence-electron chi connectivity index (χ2n) is 5.58. The van der Waals surface area contributed by atoms with Gasteiger partial charge in [0, 0.05) is 35.2 Å². The van der Waals surface area contributed by atoms with Crippen molar-refractivity contribution in [2.75, 3.05) is 31.1 Å². The van der Waals surface area contributed by atoms with E-state index in [0.29, 0.717) is 0 Å². The van der Waals surface area contributed by atoms with Crippen LogP contribution in [-0.2, 0) is 0 Å². The first-order chi connectivity index (χ1) is 9.24. The standard InChI is InChI=1S/C15H20BrClN2/c16-14-6-5-12(17)10-15(14)19-9-3-8-18-7-2-1-4-13(18)11-19/h5-6,10,13H,1-4,7-9,11H2.